The fourth-order valence-corrected chi connectivity index (χ4v) is 0.551. The predicted molar refractivity (Wildman–Crippen MR) is 39.4 cm³/mol. The molecule has 1 N–H and O–H groups in total. The summed E-state index contributed by atoms with van der Waals surface area (Å²) in [5.41, 5.74) is 0. The van der Waals surface area contributed by atoms with Crippen molar-refractivity contribution in [2.45, 2.75) is 20.1 Å². The third kappa shape index (κ3) is 4.09. The summed E-state index contributed by atoms with van der Waals surface area (Å²) in [5, 5.41) is 2.92. The van der Waals surface area contributed by atoms with E-state index in [1.54, 1.807) is 6.92 Å². The van der Waals surface area contributed by atoms with Gasteiger partial charge in [-0.25, -0.2) is 4.79 Å². The third-order valence-electron chi connectivity index (χ3n) is 0.951. The summed E-state index contributed by atoms with van der Waals surface area (Å²) < 4.78 is 4.77. The van der Waals surface area contributed by atoms with Crippen LogP contribution in [0.25, 0.3) is 0 Å². The van der Waals surface area contributed by atoms with E-state index in [1.807, 2.05) is 6.92 Å². The summed E-state index contributed by atoms with van der Waals surface area (Å²) >= 11 is 0. The van der Waals surface area contributed by atoms with E-state index < -0.39 is 5.97 Å². The Morgan fingerprint density at radius 2 is 2.50 bits per heavy atom. The molecule has 0 aromatic heterocycles. The van der Waals surface area contributed by atoms with Crippen LogP contribution in [0.1, 0.15) is 13.8 Å². The summed E-state index contributed by atoms with van der Waals surface area (Å²) in [7, 11) is 0. The Morgan fingerprint density at radius 1 is 1.90 bits per heavy atom. The molecule has 3 heteroatoms. The minimum atomic E-state index is -0.395. The first kappa shape index (κ1) is 9.17. The van der Waals surface area contributed by atoms with Gasteiger partial charge in [0.05, 0.1) is 0 Å². The number of carbonyl (C=O) groups excluding carboxylic acids is 1. The van der Waals surface area contributed by atoms with Gasteiger partial charge in [-0.1, -0.05) is 13.5 Å². The first-order valence-electron chi connectivity index (χ1n) is 3.27. The minimum absolute atomic E-state index is 0.226. The molecule has 0 heterocycles. The summed E-state index contributed by atoms with van der Waals surface area (Å²) in [4.78, 5) is 10.5. The van der Waals surface area contributed by atoms with Gasteiger partial charge in [-0.3, -0.25) is 5.32 Å². The molecule has 0 radical (unpaired) electrons. The van der Waals surface area contributed by atoms with E-state index in [-0.39, 0.29) is 6.23 Å². The molecular weight excluding hydrogens is 130 g/mol. The van der Waals surface area contributed by atoms with Crippen molar-refractivity contribution in [1.82, 2.24) is 5.32 Å². The second kappa shape index (κ2) is 4.99. The average molecular weight is 143 g/mol. The number of nitrogens with one attached hydrogen (secondary N) is 1. The molecule has 0 bridgehead atoms. The Kier molecular flexibility index (Phi) is 4.58. The van der Waals surface area contributed by atoms with Gasteiger partial charge in [0.2, 0.25) is 0 Å². The van der Waals surface area contributed by atoms with Crippen LogP contribution >= 0.6 is 0 Å². The maximum atomic E-state index is 10.5. The van der Waals surface area contributed by atoms with Gasteiger partial charge in [0.25, 0.3) is 0 Å². The molecule has 0 aliphatic rings. The molecule has 58 valence electrons. The van der Waals surface area contributed by atoms with Crippen molar-refractivity contribution >= 4 is 5.97 Å². The van der Waals surface area contributed by atoms with Crippen LogP contribution in [0.3, 0.4) is 0 Å². The molecule has 1 atom stereocenters. The van der Waals surface area contributed by atoms with Crippen molar-refractivity contribution in [3.05, 3.63) is 12.7 Å². The summed E-state index contributed by atoms with van der Waals surface area (Å²) in [6, 6.07) is 0. The molecule has 0 saturated heterocycles. The zero-order valence-electron chi connectivity index (χ0n) is 6.39. The van der Waals surface area contributed by atoms with Crippen molar-refractivity contribution in [2.75, 3.05) is 6.54 Å². The van der Waals surface area contributed by atoms with E-state index in [9.17, 15) is 4.79 Å². The fraction of sp³-hybridized carbons (Fsp3) is 0.571. The second-order valence-electron chi connectivity index (χ2n) is 1.84. The zero-order chi connectivity index (χ0) is 7.98. The highest BCUT2D eigenvalue weighted by atomic mass is 16.6. The van der Waals surface area contributed by atoms with Gasteiger partial charge >= 0.3 is 5.97 Å². The zero-order valence-corrected chi connectivity index (χ0v) is 6.39. The van der Waals surface area contributed by atoms with Crippen LogP contribution in [-0.4, -0.2) is 18.7 Å². The summed E-state index contributed by atoms with van der Waals surface area (Å²) in [6.07, 6.45) is 0.920. The second-order valence-corrected chi connectivity index (χ2v) is 1.84. The molecule has 0 aliphatic heterocycles. The molecule has 1 unspecified atom stereocenters. The molecule has 0 aromatic carbocycles. The first-order chi connectivity index (χ1) is 4.70. The first-order valence-corrected chi connectivity index (χ1v) is 3.27. The van der Waals surface area contributed by atoms with Gasteiger partial charge < -0.3 is 4.74 Å². The lowest BCUT2D eigenvalue weighted by Crippen LogP contribution is -2.30. The SMILES string of the molecule is C=CC(=O)OC(C)NCC. The van der Waals surface area contributed by atoms with Crippen LogP contribution in [0.15, 0.2) is 12.7 Å². The van der Waals surface area contributed by atoms with Gasteiger partial charge in [0, 0.05) is 6.08 Å². The molecule has 0 aromatic rings. The van der Waals surface area contributed by atoms with Crippen LogP contribution in [0.2, 0.25) is 0 Å². The maximum Gasteiger partial charge on any atom is 0.331 e. The van der Waals surface area contributed by atoms with Gasteiger partial charge in [-0.2, -0.15) is 0 Å². The van der Waals surface area contributed by atoms with Crippen molar-refractivity contribution in [1.29, 1.82) is 0 Å². The Morgan fingerprint density at radius 3 is 2.90 bits per heavy atom. The predicted octanol–water partition coefficient (Wildman–Crippen LogP) is 0.671. The minimum Gasteiger partial charge on any atom is -0.444 e. The largest absolute Gasteiger partial charge is 0.444 e. The monoisotopic (exact) mass is 143 g/mol. The van der Waals surface area contributed by atoms with Gasteiger partial charge in [-0.15, -0.1) is 0 Å². The molecule has 0 aliphatic carbocycles. The number of esters is 1. The molecule has 3 nitrogen and oxygen atoms in total. The van der Waals surface area contributed by atoms with Gasteiger partial charge in [-0.05, 0) is 13.5 Å². The molecule has 10 heavy (non-hydrogen) atoms. The lowest BCUT2D eigenvalue weighted by molar-refractivity contribution is -0.143. The van der Waals surface area contributed by atoms with E-state index in [0.29, 0.717) is 0 Å². The maximum absolute atomic E-state index is 10.5. The number of ether oxygens (including phenoxy) is 1. The van der Waals surface area contributed by atoms with Crippen molar-refractivity contribution < 1.29 is 9.53 Å². The topological polar surface area (TPSA) is 38.3 Å². The number of hydrogen-bond donors (Lipinski definition) is 1. The third-order valence-corrected chi connectivity index (χ3v) is 0.951. The van der Waals surface area contributed by atoms with Crippen LogP contribution in [0.5, 0.6) is 0 Å². The Labute approximate surface area is 61.1 Å². The fourth-order valence-electron chi connectivity index (χ4n) is 0.551. The number of hydrogen-bond acceptors (Lipinski definition) is 3. The molecule has 0 fully saturated rings. The Hall–Kier alpha value is -0.830. The van der Waals surface area contributed by atoms with Crippen LogP contribution < -0.4 is 5.32 Å². The van der Waals surface area contributed by atoms with E-state index in [2.05, 4.69) is 11.9 Å². The van der Waals surface area contributed by atoms with E-state index in [0.717, 1.165) is 12.6 Å². The standard InChI is InChI=1S/C7H13NO2/c1-4-7(9)10-6(3)8-5-2/h4,6,8H,1,5H2,2-3H3. The summed E-state index contributed by atoms with van der Waals surface area (Å²) in [6.45, 7) is 7.77. The van der Waals surface area contributed by atoms with Crippen molar-refractivity contribution in [2.24, 2.45) is 0 Å². The smallest absolute Gasteiger partial charge is 0.331 e. The molecule has 0 rings (SSSR count). The quantitative estimate of drug-likeness (QED) is 0.357. The van der Waals surface area contributed by atoms with Gasteiger partial charge in [0.1, 0.15) is 0 Å². The highest BCUT2D eigenvalue weighted by molar-refractivity contribution is 5.81. The molecule has 0 saturated carbocycles. The van der Waals surface area contributed by atoms with Crippen LogP contribution in [0, 0.1) is 0 Å². The van der Waals surface area contributed by atoms with Crippen LogP contribution in [0.4, 0.5) is 0 Å². The van der Waals surface area contributed by atoms with Crippen molar-refractivity contribution in [3.8, 4) is 0 Å². The molecule has 0 amide bonds. The highest BCUT2D eigenvalue weighted by Crippen LogP contribution is 1.86. The van der Waals surface area contributed by atoms with Gasteiger partial charge in [0.15, 0.2) is 6.23 Å². The highest BCUT2D eigenvalue weighted by Gasteiger charge is 2.01. The van der Waals surface area contributed by atoms with Crippen molar-refractivity contribution in [3.63, 3.8) is 0 Å². The normalized spacial score (nSPS) is 12.2. The Balaban J connectivity index is 3.46. The van der Waals surface area contributed by atoms with E-state index in [1.165, 1.54) is 0 Å². The molecule has 0 spiro atoms. The van der Waals surface area contributed by atoms with E-state index >= 15 is 0 Å². The summed E-state index contributed by atoms with van der Waals surface area (Å²) in [5.74, 6) is -0.395. The molecular formula is C7H13NO2. The number of carbonyl (C=O) groups is 1. The van der Waals surface area contributed by atoms with Crippen LogP contribution in [-0.2, 0) is 9.53 Å². The van der Waals surface area contributed by atoms with E-state index in [4.69, 9.17) is 4.74 Å². The Bertz CT molecular complexity index is 123. The lowest BCUT2D eigenvalue weighted by atomic mass is 10.6. The number of rotatable bonds is 4. The average Bonchev–Trinajstić information content (AvgIpc) is 1.88. The lowest BCUT2D eigenvalue weighted by Gasteiger charge is -2.11.